The summed E-state index contributed by atoms with van der Waals surface area (Å²) in [5.74, 6) is 4.41. The Morgan fingerprint density at radius 1 is 1.58 bits per heavy atom. The van der Waals surface area contributed by atoms with E-state index >= 15 is 0 Å². The molecule has 0 bridgehead atoms. The van der Waals surface area contributed by atoms with Crippen molar-refractivity contribution in [3.63, 3.8) is 0 Å². The van der Waals surface area contributed by atoms with Gasteiger partial charge in [0.15, 0.2) is 5.01 Å². The van der Waals surface area contributed by atoms with Crippen LogP contribution in [0.1, 0.15) is 28.8 Å². The standard InChI is InChI=1S/C10H15F3N4OS/c1-2-3-17(6-10(11,12)13)4-7-5-19-9(15-7)8(18)16-14/h5H,2-4,6,14H2,1H3,(H,16,18). The number of nitrogens with zero attached hydrogens (tertiary/aromatic N) is 2. The Morgan fingerprint density at radius 3 is 2.79 bits per heavy atom. The maximum absolute atomic E-state index is 12.4. The van der Waals surface area contributed by atoms with Gasteiger partial charge in [-0.05, 0) is 13.0 Å². The Hall–Kier alpha value is -1.19. The highest BCUT2D eigenvalue weighted by Gasteiger charge is 2.30. The van der Waals surface area contributed by atoms with Gasteiger partial charge in [-0.2, -0.15) is 13.2 Å². The molecule has 0 saturated heterocycles. The first-order valence-corrected chi connectivity index (χ1v) is 6.48. The molecule has 0 atom stereocenters. The zero-order chi connectivity index (χ0) is 14.5. The highest BCUT2D eigenvalue weighted by Crippen LogP contribution is 2.19. The molecule has 9 heteroatoms. The highest BCUT2D eigenvalue weighted by molar-refractivity contribution is 7.11. The summed E-state index contributed by atoms with van der Waals surface area (Å²) in [6.07, 6.45) is -3.64. The third-order valence-corrected chi connectivity index (χ3v) is 3.10. The van der Waals surface area contributed by atoms with Crippen molar-refractivity contribution in [2.45, 2.75) is 26.1 Å². The van der Waals surface area contributed by atoms with E-state index in [4.69, 9.17) is 5.84 Å². The second-order valence-electron chi connectivity index (χ2n) is 3.94. The highest BCUT2D eigenvalue weighted by atomic mass is 32.1. The second kappa shape index (κ2) is 6.83. The fourth-order valence-electron chi connectivity index (χ4n) is 1.56. The molecule has 0 aliphatic carbocycles. The SMILES string of the molecule is CCCN(Cc1csc(C(=O)NN)n1)CC(F)(F)F. The summed E-state index contributed by atoms with van der Waals surface area (Å²) in [5.41, 5.74) is 2.36. The largest absolute Gasteiger partial charge is 0.401 e. The number of thiazole rings is 1. The van der Waals surface area contributed by atoms with Crippen LogP contribution >= 0.6 is 11.3 Å². The number of nitrogens with one attached hydrogen (secondary N) is 1. The summed E-state index contributed by atoms with van der Waals surface area (Å²) in [5, 5.41) is 1.70. The van der Waals surface area contributed by atoms with E-state index in [-0.39, 0.29) is 11.6 Å². The number of nitrogens with two attached hydrogens (primary N) is 1. The maximum Gasteiger partial charge on any atom is 0.401 e. The molecule has 0 aliphatic rings. The van der Waals surface area contributed by atoms with Gasteiger partial charge in [0.25, 0.3) is 5.91 Å². The van der Waals surface area contributed by atoms with Gasteiger partial charge in [-0.1, -0.05) is 6.92 Å². The van der Waals surface area contributed by atoms with Gasteiger partial charge in [0, 0.05) is 11.9 Å². The quantitative estimate of drug-likeness (QED) is 0.474. The maximum atomic E-state index is 12.4. The van der Waals surface area contributed by atoms with Crippen LogP contribution < -0.4 is 11.3 Å². The molecule has 0 aromatic carbocycles. The molecular formula is C10H15F3N4OS. The number of halogens is 3. The molecule has 0 aliphatic heterocycles. The lowest BCUT2D eigenvalue weighted by Gasteiger charge is -2.21. The normalized spacial score (nSPS) is 11.9. The van der Waals surface area contributed by atoms with Gasteiger partial charge in [0.2, 0.25) is 0 Å². The Bertz CT molecular complexity index is 421. The van der Waals surface area contributed by atoms with Gasteiger partial charge < -0.3 is 0 Å². The summed E-state index contributed by atoms with van der Waals surface area (Å²) in [7, 11) is 0. The van der Waals surface area contributed by atoms with Crippen LogP contribution in [0.2, 0.25) is 0 Å². The van der Waals surface area contributed by atoms with Crippen LogP contribution in [0.3, 0.4) is 0 Å². The molecule has 0 fully saturated rings. The van der Waals surface area contributed by atoms with Gasteiger partial charge >= 0.3 is 6.18 Å². The van der Waals surface area contributed by atoms with Crippen molar-refractivity contribution in [1.29, 1.82) is 0 Å². The van der Waals surface area contributed by atoms with Crippen LogP contribution in [0.4, 0.5) is 13.2 Å². The summed E-state index contributed by atoms with van der Waals surface area (Å²) in [4.78, 5) is 16.4. The lowest BCUT2D eigenvalue weighted by Crippen LogP contribution is -2.34. The average molecular weight is 296 g/mol. The topological polar surface area (TPSA) is 71.2 Å². The van der Waals surface area contributed by atoms with Crippen LogP contribution in [0.25, 0.3) is 0 Å². The summed E-state index contributed by atoms with van der Waals surface area (Å²) >= 11 is 1.05. The molecule has 0 unspecified atom stereocenters. The number of alkyl halides is 3. The molecule has 19 heavy (non-hydrogen) atoms. The minimum atomic E-state index is -4.25. The second-order valence-corrected chi connectivity index (χ2v) is 4.80. The molecule has 1 rings (SSSR count). The molecule has 108 valence electrons. The minimum Gasteiger partial charge on any atom is -0.289 e. The Balaban J connectivity index is 2.68. The molecular weight excluding hydrogens is 281 g/mol. The molecule has 1 aromatic heterocycles. The number of nitrogen functional groups attached to an aromatic ring is 1. The molecule has 3 N–H and O–H groups in total. The van der Waals surface area contributed by atoms with Crippen molar-refractivity contribution in [3.05, 3.63) is 16.1 Å². The fraction of sp³-hybridized carbons (Fsp3) is 0.600. The van der Waals surface area contributed by atoms with E-state index in [9.17, 15) is 18.0 Å². The van der Waals surface area contributed by atoms with Crippen molar-refractivity contribution in [3.8, 4) is 0 Å². The first-order valence-electron chi connectivity index (χ1n) is 5.60. The Kier molecular flexibility index (Phi) is 5.70. The number of hydrogen-bond donors (Lipinski definition) is 2. The van der Waals surface area contributed by atoms with Crippen LogP contribution in [-0.2, 0) is 6.54 Å². The van der Waals surface area contributed by atoms with Gasteiger partial charge in [-0.15, -0.1) is 11.3 Å². The summed E-state index contributed by atoms with van der Waals surface area (Å²) < 4.78 is 37.1. The molecule has 1 amide bonds. The molecule has 0 radical (unpaired) electrons. The van der Waals surface area contributed by atoms with Crippen molar-refractivity contribution >= 4 is 17.2 Å². The monoisotopic (exact) mass is 296 g/mol. The fourth-order valence-corrected chi connectivity index (χ4v) is 2.27. The molecule has 0 spiro atoms. The van der Waals surface area contributed by atoms with Crippen LogP contribution in [0.15, 0.2) is 5.38 Å². The zero-order valence-corrected chi connectivity index (χ0v) is 11.1. The van der Waals surface area contributed by atoms with Crippen molar-refractivity contribution in [2.24, 2.45) is 5.84 Å². The molecule has 5 nitrogen and oxygen atoms in total. The Morgan fingerprint density at radius 2 is 2.26 bits per heavy atom. The van der Waals surface area contributed by atoms with Crippen molar-refractivity contribution < 1.29 is 18.0 Å². The summed E-state index contributed by atoms with van der Waals surface area (Å²) in [6.45, 7) is 1.19. The van der Waals surface area contributed by atoms with E-state index in [1.165, 1.54) is 4.90 Å². The predicted octanol–water partition coefficient (Wildman–Crippen LogP) is 1.52. The number of amides is 1. The van der Waals surface area contributed by atoms with Gasteiger partial charge in [0.1, 0.15) is 0 Å². The van der Waals surface area contributed by atoms with E-state index in [0.29, 0.717) is 18.7 Å². The minimum absolute atomic E-state index is 0.0572. The molecule has 1 heterocycles. The Labute approximate surface area is 112 Å². The third kappa shape index (κ3) is 5.53. The number of hydrazine groups is 1. The lowest BCUT2D eigenvalue weighted by atomic mass is 10.3. The van der Waals surface area contributed by atoms with E-state index in [1.54, 1.807) is 12.3 Å². The smallest absolute Gasteiger partial charge is 0.289 e. The van der Waals surface area contributed by atoms with Crippen LogP contribution in [-0.4, -0.2) is 35.1 Å². The first-order chi connectivity index (χ1) is 8.85. The number of carbonyl (C=O) groups is 1. The lowest BCUT2D eigenvalue weighted by molar-refractivity contribution is -0.147. The van der Waals surface area contributed by atoms with E-state index in [0.717, 1.165) is 11.3 Å². The zero-order valence-electron chi connectivity index (χ0n) is 10.3. The van der Waals surface area contributed by atoms with Crippen LogP contribution in [0.5, 0.6) is 0 Å². The molecule has 1 aromatic rings. The number of rotatable bonds is 6. The number of hydrogen-bond acceptors (Lipinski definition) is 5. The van der Waals surface area contributed by atoms with E-state index in [1.807, 2.05) is 5.43 Å². The van der Waals surface area contributed by atoms with Gasteiger partial charge in [-0.3, -0.25) is 15.1 Å². The predicted molar refractivity (Wildman–Crippen MR) is 65.4 cm³/mol. The number of aromatic nitrogens is 1. The van der Waals surface area contributed by atoms with Crippen molar-refractivity contribution in [1.82, 2.24) is 15.3 Å². The summed E-state index contributed by atoms with van der Waals surface area (Å²) in [6, 6.07) is 0. The van der Waals surface area contributed by atoms with Crippen molar-refractivity contribution in [2.75, 3.05) is 13.1 Å². The van der Waals surface area contributed by atoms with Crippen LogP contribution in [0, 0.1) is 0 Å². The van der Waals surface area contributed by atoms with E-state index in [2.05, 4.69) is 4.98 Å². The van der Waals surface area contributed by atoms with Gasteiger partial charge in [-0.25, -0.2) is 10.8 Å². The third-order valence-electron chi connectivity index (χ3n) is 2.21. The van der Waals surface area contributed by atoms with Gasteiger partial charge in [0.05, 0.1) is 12.2 Å². The average Bonchev–Trinajstić information content (AvgIpc) is 2.74. The molecule has 0 saturated carbocycles. The first kappa shape index (κ1) is 15.9. The van der Waals surface area contributed by atoms with E-state index < -0.39 is 18.6 Å². The number of carbonyl (C=O) groups excluding carboxylic acids is 1.